The van der Waals surface area contributed by atoms with Crippen LogP contribution in [0.3, 0.4) is 0 Å². The second kappa shape index (κ2) is 12.2. The number of hydrogen-bond acceptors (Lipinski definition) is 6. The number of halogens is 2. The average molecular weight is 592 g/mol. The van der Waals surface area contributed by atoms with Crippen molar-refractivity contribution in [2.45, 2.75) is 50.5 Å². The number of nitrogen functional groups attached to an aromatic ring is 1. The normalized spacial score (nSPS) is 20.7. The summed E-state index contributed by atoms with van der Waals surface area (Å²) >= 11 is 6.01. The molecule has 0 fully saturated rings. The fourth-order valence-corrected chi connectivity index (χ4v) is 5.52. The molecule has 11 heteroatoms. The van der Waals surface area contributed by atoms with Gasteiger partial charge in [-0.05, 0) is 74.6 Å². The molecule has 3 amide bonds. The van der Waals surface area contributed by atoms with Crippen molar-refractivity contribution < 1.29 is 23.5 Å². The molecule has 0 aliphatic carbocycles. The molecule has 3 heterocycles. The van der Waals surface area contributed by atoms with E-state index in [1.54, 1.807) is 31.3 Å². The molecule has 3 aromatic rings. The number of rotatable bonds is 5. The minimum Gasteiger partial charge on any atom is -0.438 e. The van der Waals surface area contributed by atoms with Crippen LogP contribution in [-0.4, -0.2) is 29.4 Å². The Morgan fingerprint density at radius 3 is 2.83 bits per heavy atom. The molecular weight excluding hydrogens is 561 g/mol. The van der Waals surface area contributed by atoms with E-state index in [-0.39, 0.29) is 41.8 Å². The molecule has 2 aliphatic heterocycles. The number of hydrogen-bond donors (Lipinski definition) is 4. The van der Waals surface area contributed by atoms with Crippen LogP contribution in [-0.2, 0) is 19.9 Å². The number of nitrogens with zero attached hydrogens (tertiary/aromatic N) is 1. The molecule has 1 unspecified atom stereocenters. The lowest BCUT2D eigenvalue weighted by atomic mass is 9.87. The molecule has 0 radical (unpaired) electrons. The molecule has 0 saturated carbocycles. The molecule has 0 spiro atoms. The highest BCUT2D eigenvalue weighted by molar-refractivity contribution is 6.31. The molecule has 2 aromatic carbocycles. The van der Waals surface area contributed by atoms with E-state index in [1.165, 1.54) is 6.07 Å². The number of aromatic nitrogens is 1. The monoisotopic (exact) mass is 591 g/mol. The summed E-state index contributed by atoms with van der Waals surface area (Å²) in [5.41, 5.74) is 8.46. The van der Waals surface area contributed by atoms with Crippen LogP contribution in [0.15, 0.2) is 60.8 Å². The number of carbonyl (C=O) groups excluding carboxylic acids is 3. The third-order valence-electron chi connectivity index (χ3n) is 7.47. The van der Waals surface area contributed by atoms with Crippen molar-refractivity contribution in [3.05, 3.63) is 82.9 Å². The molecule has 0 saturated heterocycles. The zero-order valence-electron chi connectivity index (χ0n) is 23.0. The Hall–Kier alpha value is -4.44. The minimum absolute atomic E-state index is 0.0692. The summed E-state index contributed by atoms with van der Waals surface area (Å²) in [6, 6.07) is 11.9. The van der Waals surface area contributed by atoms with Gasteiger partial charge in [-0.15, -0.1) is 0 Å². The van der Waals surface area contributed by atoms with Gasteiger partial charge in [0.1, 0.15) is 5.60 Å². The Kier molecular flexibility index (Phi) is 8.44. The first-order valence-corrected chi connectivity index (χ1v) is 14.1. The molecule has 2 atom stereocenters. The van der Waals surface area contributed by atoms with Crippen molar-refractivity contribution in [2.24, 2.45) is 0 Å². The minimum atomic E-state index is -1.26. The fraction of sp³-hybridized carbons (Fsp3) is 0.290. The Balaban J connectivity index is 1.33. The van der Waals surface area contributed by atoms with Gasteiger partial charge in [0.2, 0.25) is 11.8 Å². The third kappa shape index (κ3) is 6.23. The van der Waals surface area contributed by atoms with Gasteiger partial charge in [-0.25, -0.2) is 9.18 Å². The third-order valence-corrected chi connectivity index (χ3v) is 7.76. The van der Waals surface area contributed by atoms with E-state index >= 15 is 0 Å². The van der Waals surface area contributed by atoms with Crippen molar-refractivity contribution in [3.8, 4) is 11.1 Å². The smallest absolute Gasteiger partial charge is 0.412 e. The number of nitrogens with two attached hydrogens (primary N) is 1. The van der Waals surface area contributed by atoms with Gasteiger partial charge < -0.3 is 21.1 Å². The van der Waals surface area contributed by atoms with Crippen molar-refractivity contribution in [1.82, 2.24) is 10.3 Å². The first-order chi connectivity index (χ1) is 20.1. The van der Waals surface area contributed by atoms with Crippen molar-refractivity contribution in [2.75, 3.05) is 22.9 Å². The number of pyridine rings is 1. The van der Waals surface area contributed by atoms with E-state index in [4.69, 9.17) is 22.1 Å². The Bertz CT molecular complexity index is 1580. The maximum absolute atomic E-state index is 15.0. The maximum Gasteiger partial charge on any atom is 0.412 e. The Morgan fingerprint density at radius 1 is 1.17 bits per heavy atom. The molecule has 9 nitrogen and oxygen atoms in total. The van der Waals surface area contributed by atoms with Crippen LogP contribution >= 0.6 is 11.6 Å². The van der Waals surface area contributed by atoms with Crippen LogP contribution in [0.5, 0.6) is 0 Å². The molecule has 2 bridgehead atoms. The quantitative estimate of drug-likeness (QED) is 0.157. The number of cyclic esters (lactones) is 1. The number of fused-ring (bicyclic) bond motifs is 5. The summed E-state index contributed by atoms with van der Waals surface area (Å²) in [4.78, 5) is 42.7. The number of carbonyl (C=O) groups is 3. The number of benzene rings is 2. The van der Waals surface area contributed by atoms with Crippen molar-refractivity contribution in [1.29, 1.82) is 0 Å². The van der Waals surface area contributed by atoms with Crippen molar-refractivity contribution in [3.63, 3.8) is 0 Å². The number of ether oxygens (including phenoxy) is 1. The number of nitrogens with one attached hydrogen (secondary N) is 3. The highest BCUT2D eigenvalue weighted by Crippen LogP contribution is 2.42. The van der Waals surface area contributed by atoms with Crippen molar-refractivity contribution >= 4 is 46.6 Å². The van der Waals surface area contributed by atoms with E-state index in [2.05, 4.69) is 20.9 Å². The van der Waals surface area contributed by atoms with Gasteiger partial charge in [0, 0.05) is 30.4 Å². The zero-order chi connectivity index (χ0) is 29.9. The largest absolute Gasteiger partial charge is 0.438 e. The van der Waals surface area contributed by atoms with Crippen LogP contribution in [0.1, 0.15) is 56.2 Å². The molecule has 218 valence electrons. The predicted octanol–water partition coefficient (Wildman–Crippen LogP) is 6.26. The van der Waals surface area contributed by atoms with Crippen LogP contribution < -0.4 is 21.7 Å². The number of anilines is 3. The summed E-state index contributed by atoms with van der Waals surface area (Å²) in [5, 5.41) is 8.35. The van der Waals surface area contributed by atoms with Gasteiger partial charge in [0.15, 0.2) is 5.82 Å². The van der Waals surface area contributed by atoms with Gasteiger partial charge in [-0.3, -0.25) is 19.9 Å². The standard InChI is InChI=1S/C31H31ClFN5O4/c1-31(27-23(38-30(41)42-31)11-10-22(32)28(27)33)13-5-14-36-29(40)21-6-3-2-4-7-26(39)37-25-17-19(34)8-9-20(25)18-12-15-35-24(21)16-18/h2-3,8-12,15-17,21H,4-7,13-14,34H2,1H3,(H,36,40)(H,37,39)(H,38,41)/b3-2-/t21?,31-/m1/s1. The second-order valence-corrected chi connectivity index (χ2v) is 11.0. The van der Waals surface area contributed by atoms with E-state index in [1.807, 2.05) is 30.4 Å². The van der Waals surface area contributed by atoms with E-state index < -0.39 is 23.4 Å². The summed E-state index contributed by atoms with van der Waals surface area (Å²) in [7, 11) is 0. The highest BCUT2D eigenvalue weighted by atomic mass is 35.5. The number of allylic oxidation sites excluding steroid dienone is 2. The summed E-state index contributed by atoms with van der Waals surface area (Å²) in [6.45, 7) is 1.89. The summed E-state index contributed by atoms with van der Waals surface area (Å²) < 4.78 is 20.5. The second-order valence-electron chi connectivity index (χ2n) is 10.5. The maximum atomic E-state index is 15.0. The summed E-state index contributed by atoms with van der Waals surface area (Å²) in [5.74, 6) is -1.60. The van der Waals surface area contributed by atoms with Gasteiger partial charge in [0.05, 0.1) is 33.6 Å². The first-order valence-electron chi connectivity index (χ1n) is 13.7. The van der Waals surface area contributed by atoms with Gasteiger partial charge in [0.25, 0.3) is 0 Å². The van der Waals surface area contributed by atoms with Crippen LogP contribution in [0.25, 0.3) is 11.1 Å². The molecule has 42 heavy (non-hydrogen) atoms. The number of amides is 3. The molecular formula is C31H31ClFN5O4. The molecule has 1 aromatic heterocycles. The molecule has 5 rings (SSSR count). The van der Waals surface area contributed by atoms with Crippen LogP contribution in [0.4, 0.5) is 26.2 Å². The lowest BCUT2D eigenvalue weighted by Crippen LogP contribution is -2.39. The molecule has 5 N–H and O–H groups in total. The van der Waals surface area contributed by atoms with Crippen LogP contribution in [0.2, 0.25) is 5.02 Å². The van der Waals surface area contributed by atoms with Gasteiger partial charge in [-0.2, -0.15) is 0 Å². The van der Waals surface area contributed by atoms with E-state index in [0.29, 0.717) is 42.0 Å². The fourth-order valence-electron chi connectivity index (χ4n) is 5.36. The lowest BCUT2D eigenvalue weighted by molar-refractivity contribution is -0.122. The zero-order valence-corrected chi connectivity index (χ0v) is 23.8. The Morgan fingerprint density at radius 2 is 2.00 bits per heavy atom. The molecule has 2 aliphatic rings. The SMILES string of the molecule is C[C@]1(CCCNC(=O)C2C/C=C\CCC(=O)Nc3cc(N)ccc3-c3ccnc2c3)OC(=O)Nc2ccc(Cl)c(F)c21. The van der Waals surface area contributed by atoms with E-state index in [0.717, 1.165) is 11.1 Å². The Labute approximate surface area is 247 Å². The topological polar surface area (TPSA) is 135 Å². The van der Waals surface area contributed by atoms with Gasteiger partial charge in [-0.1, -0.05) is 29.8 Å². The summed E-state index contributed by atoms with van der Waals surface area (Å²) in [6.07, 6.45) is 6.56. The predicted molar refractivity (Wildman–Crippen MR) is 160 cm³/mol. The highest BCUT2D eigenvalue weighted by Gasteiger charge is 2.40. The van der Waals surface area contributed by atoms with E-state index in [9.17, 15) is 18.8 Å². The van der Waals surface area contributed by atoms with Gasteiger partial charge >= 0.3 is 6.09 Å². The van der Waals surface area contributed by atoms with Crippen LogP contribution in [0, 0.1) is 5.82 Å². The lowest BCUT2D eigenvalue weighted by Gasteiger charge is -2.36. The average Bonchev–Trinajstić information content (AvgIpc) is 2.95. The first kappa shape index (κ1) is 29.1.